The number of benzene rings is 1. The third-order valence-electron chi connectivity index (χ3n) is 3.05. The van der Waals surface area contributed by atoms with E-state index in [1.54, 1.807) is 6.07 Å². The summed E-state index contributed by atoms with van der Waals surface area (Å²) < 4.78 is 0. The van der Waals surface area contributed by atoms with Gasteiger partial charge in [-0.25, -0.2) is 4.98 Å². The third kappa shape index (κ3) is 2.93. The lowest BCUT2D eigenvalue weighted by Gasteiger charge is -2.04. The molecule has 0 aliphatic heterocycles. The van der Waals surface area contributed by atoms with E-state index in [0.717, 1.165) is 33.0 Å². The van der Waals surface area contributed by atoms with Crippen LogP contribution in [0.4, 0.5) is 0 Å². The van der Waals surface area contributed by atoms with Crippen molar-refractivity contribution in [2.75, 3.05) is 0 Å². The van der Waals surface area contributed by atoms with E-state index in [-0.39, 0.29) is 0 Å². The van der Waals surface area contributed by atoms with Crippen LogP contribution in [0.1, 0.15) is 32.9 Å². The van der Waals surface area contributed by atoms with E-state index in [4.69, 9.17) is 5.73 Å². The Morgan fingerprint density at radius 2 is 2.15 bits per heavy atom. The number of hydrogen-bond acceptors (Lipinski definition) is 4. The van der Waals surface area contributed by atoms with Gasteiger partial charge >= 0.3 is 0 Å². The molecule has 2 rings (SSSR count). The predicted molar refractivity (Wildman–Crippen MR) is 79.9 cm³/mol. The van der Waals surface area contributed by atoms with Gasteiger partial charge in [0.15, 0.2) is 0 Å². The average molecular weight is 288 g/mol. The molecule has 0 aliphatic rings. The number of carbonyl (C=O) groups excluding carboxylic acids is 2. The fourth-order valence-corrected chi connectivity index (χ4v) is 3.12. The van der Waals surface area contributed by atoms with Gasteiger partial charge in [0, 0.05) is 22.4 Å². The molecule has 1 heterocycles. The monoisotopic (exact) mass is 288 g/mol. The molecule has 0 bridgehead atoms. The number of aryl methyl sites for hydroxylation is 3. The van der Waals surface area contributed by atoms with Crippen LogP contribution < -0.4 is 5.73 Å². The first-order valence-electron chi connectivity index (χ1n) is 6.33. The minimum Gasteiger partial charge on any atom is -0.366 e. The van der Waals surface area contributed by atoms with Crippen LogP contribution in [0.3, 0.4) is 0 Å². The van der Waals surface area contributed by atoms with Gasteiger partial charge in [0.2, 0.25) is 5.91 Å². The zero-order valence-electron chi connectivity index (χ0n) is 11.5. The van der Waals surface area contributed by atoms with Crippen molar-refractivity contribution in [2.24, 2.45) is 5.73 Å². The highest BCUT2D eigenvalue weighted by atomic mass is 32.1. The highest BCUT2D eigenvalue weighted by Gasteiger charge is 2.15. The molecule has 0 saturated carbocycles. The van der Waals surface area contributed by atoms with Gasteiger partial charge in [-0.3, -0.25) is 4.79 Å². The Bertz CT molecular complexity index is 662. The van der Waals surface area contributed by atoms with Gasteiger partial charge in [0.1, 0.15) is 11.3 Å². The Morgan fingerprint density at radius 1 is 1.40 bits per heavy atom. The maximum Gasteiger partial charge on any atom is 0.249 e. The van der Waals surface area contributed by atoms with Crippen molar-refractivity contribution >= 4 is 23.5 Å². The lowest BCUT2D eigenvalue weighted by Crippen LogP contribution is -2.12. The Kier molecular flexibility index (Phi) is 4.29. The Labute approximate surface area is 121 Å². The summed E-state index contributed by atoms with van der Waals surface area (Å²) in [7, 11) is 0. The largest absolute Gasteiger partial charge is 0.366 e. The summed E-state index contributed by atoms with van der Waals surface area (Å²) in [5.74, 6) is -0.456. The lowest BCUT2D eigenvalue weighted by atomic mass is 10.0. The quantitative estimate of drug-likeness (QED) is 0.860. The third-order valence-corrected chi connectivity index (χ3v) is 4.30. The summed E-state index contributed by atoms with van der Waals surface area (Å²) in [6, 6.07) is 5.51. The van der Waals surface area contributed by atoms with Gasteiger partial charge in [-0.05, 0) is 32.4 Å². The summed E-state index contributed by atoms with van der Waals surface area (Å²) in [6.45, 7) is 3.88. The Balaban J connectivity index is 2.48. The van der Waals surface area contributed by atoms with Crippen LogP contribution in [0.15, 0.2) is 18.2 Å². The Hall–Kier alpha value is -2.01. The minimum atomic E-state index is -0.456. The molecule has 1 amide bonds. The van der Waals surface area contributed by atoms with Gasteiger partial charge in [-0.15, -0.1) is 11.3 Å². The minimum absolute atomic E-state index is 0.456. The highest BCUT2D eigenvalue weighted by molar-refractivity contribution is 7.15. The molecule has 0 spiro atoms. The zero-order valence-corrected chi connectivity index (χ0v) is 12.3. The topological polar surface area (TPSA) is 73.1 Å². The number of rotatable bonds is 5. The summed E-state index contributed by atoms with van der Waals surface area (Å²) in [6.07, 6.45) is 2.07. The van der Waals surface area contributed by atoms with Crippen molar-refractivity contribution in [1.82, 2.24) is 4.98 Å². The molecule has 0 atom stereocenters. The number of thiazole rings is 1. The number of carbonyl (C=O) groups is 2. The molecule has 0 saturated heterocycles. The van der Waals surface area contributed by atoms with Crippen molar-refractivity contribution in [2.45, 2.75) is 26.7 Å². The van der Waals surface area contributed by atoms with E-state index in [1.165, 1.54) is 11.3 Å². The van der Waals surface area contributed by atoms with Gasteiger partial charge < -0.3 is 10.5 Å². The SMILES string of the molecule is Cc1ccc(C(N)=O)c(-c2nc(C)c(CCC=O)s2)c1. The smallest absolute Gasteiger partial charge is 0.249 e. The highest BCUT2D eigenvalue weighted by Crippen LogP contribution is 2.31. The molecule has 1 aromatic heterocycles. The van der Waals surface area contributed by atoms with Crippen molar-refractivity contribution in [3.63, 3.8) is 0 Å². The first-order chi connectivity index (χ1) is 9.52. The first-order valence-corrected chi connectivity index (χ1v) is 7.15. The molecule has 0 fully saturated rings. The molecule has 20 heavy (non-hydrogen) atoms. The Morgan fingerprint density at radius 3 is 2.80 bits per heavy atom. The number of primary amides is 1. The summed E-state index contributed by atoms with van der Waals surface area (Å²) in [5, 5.41) is 0.779. The molecule has 0 radical (unpaired) electrons. The number of aromatic nitrogens is 1. The molecule has 5 heteroatoms. The second-order valence-corrected chi connectivity index (χ2v) is 5.73. The number of nitrogens with zero attached hydrogens (tertiary/aromatic N) is 1. The van der Waals surface area contributed by atoms with Crippen molar-refractivity contribution in [3.8, 4) is 10.6 Å². The molecule has 1 aromatic carbocycles. The predicted octanol–water partition coefficient (Wildman–Crippen LogP) is 2.66. The van der Waals surface area contributed by atoms with Crippen LogP contribution >= 0.6 is 11.3 Å². The van der Waals surface area contributed by atoms with Crippen molar-refractivity contribution in [3.05, 3.63) is 39.9 Å². The molecule has 2 aromatic rings. The number of nitrogens with two attached hydrogens (primary N) is 1. The van der Waals surface area contributed by atoms with Gasteiger partial charge in [0.25, 0.3) is 0 Å². The van der Waals surface area contributed by atoms with Gasteiger partial charge in [0.05, 0.1) is 5.69 Å². The second kappa shape index (κ2) is 5.96. The van der Waals surface area contributed by atoms with E-state index in [2.05, 4.69) is 4.98 Å². The van der Waals surface area contributed by atoms with Gasteiger partial charge in [-0.2, -0.15) is 0 Å². The van der Waals surface area contributed by atoms with E-state index >= 15 is 0 Å². The molecular formula is C15H16N2O2S. The summed E-state index contributed by atoms with van der Waals surface area (Å²) >= 11 is 1.52. The fourth-order valence-electron chi connectivity index (χ4n) is 2.02. The lowest BCUT2D eigenvalue weighted by molar-refractivity contribution is -0.107. The van der Waals surface area contributed by atoms with Crippen LogP contribution in [-0.4, -0.2) is 17.2 Å². The number of amides is 1. The molecule has 2 N–H and O–H groups in total. The fraction of sp³-hybridized carbons (Fsp3) is 0.267. The van der Waals surface area contributed by atoms with E-state index < -0.39 is 5.91 Å². The number of hydrogen-bond donors (Lipinski definition) is 1. The maximum atomic E-state index is 11.5. The molecule has 4 nitrogen and oxygen atoms in total. The van der Waals surface area contributed by atoms with Crippen molar-refractivity contribution < 1.29 is 9.59 Å². The number of aldehydes is 1. The van der Waals surface area contributed by atoms with Crippen LogP contribution in [0.5, 0.6) is 0 Å². The standard InChI is InChI=1S/C15H16N2O2S/c1-9-5-6-11(14(16)19)12(8-9)15-17-10(2)13(20-15)4-3-7-18/h5-8H,3-4H2,1-2H3,(H2,16,19). The van der Waals surface area contributed by atoms with E-state index in [0.29, 0.717) is 18.4 Å². The maximum absolute atomic E-state index is 11.5. The average Bonchev–Trinajstić information content (AvgIpc) is 2.77. The molecule has 104 valence electrons. The summed E-state index contributed by atoms with van der Waals surface area (Å²) in [4.78, 5) is 27.6. The second-order valence-electron chi connectivity index (χ2n) is 4.65. The van der Waals surface area contributed by atoms with E-state index in [1.807, 2.05) is 26.0 Å². The first kappa shape index (κ1) is 14.4. The normalized spacial score (nSPS) is 10.5. The van der Waals surface area contributed by atoms with Crippen LogP contribution in [0.2, 0.25) is 0 Å². The van der Waals surface area contributed by atoms with Crippen molar-refractivity contribution in [1.29, 1.82) is 0 Å². The van der Waals surface area contributed by atoms with Crippen LogP contribution in [0.25, 0.3) is 10.6 Å². The molecular weight excluding hydrogens is 272 g/mol. The molecule has 0 aliphatic carbocycles. The van der Waals surface area contributed by atoms with Gasteiger partial charge in [-0.1, -0.05) is 11.6 Å². The summed E-state index contributed by atoms with van der Waals surface area (Å²) in [5.41, 5.74) is 8.62. The van der Waals surface area contributed by atoms with E-state index in [9.17, 15) is 9.59 Å². The molecule has 0 unspecified atom stereocenters. The van der Waals surface area contributed by atoms with Crippen LogP contribution in [0, 0.1) is 13.8 Å². The zero-order chi connectivity index (χ0) is 14.7. The van der Waals surface area contributed by atoms with Crippen LogP contribution in [-0.2, 0) is 11.2 Å².